The van der Waals surface area contributed by atoms with Crippen molar-refractivity contribution in [3.63, 3.8) is 0 Å². The Balaban J connectivity index is 1.83. The van der Waals surface area contributed by atoms with E-state index in [-0.39, 0.29) is 24.2 Å². The molecule has 0 radical (unpaired) electrons. The van der Waals surface area contributed by atoms with Gasteiger partial charge in [0.25, 0.3) is 0 Å². The maximum Gasteiger partial charge on any atom is 0.224 e. The zero-order valence-electron chi connectivity index (χ0n) is 11.3. The largest absolute Gasteiger partial charge is 0.352 e. The third-order valence-corrected chi connectivity index (χ3v) is 3.59. The maximum absolute atomic E-state index is 13.0. The second-order valence-electron chi connectivity index (χ2n) is 5.22. The normalized spacial score (nSPS) is 20.8. The number of hydrogen-bond donors (Lipinski definition) is 2. The monoisotopic (exact) mass is 264 g/mol. The van der Waals surface area contributed by atoms with E-state index in [1.807, 2.05) is 6.92 Å². The molecule has 1 amide bonds. The van der Waals surface area contributed by atoms with Gasteiger partial charge in [-0.25, -0.2) is 4.39 Å². The quantitative estimate of drug-likeness (QED) is 0.873. The molecule has 3 nitrogen and oxygen atoms in total. The Hall–Kier alpha value is -1.42. The van der Waals surface area contributed by atoms with Gasteiger partial charge in [-0.05, 0) is 44.0 Å². The molecule has 0 saturated carbocycles. The van der Waals surface area contributed by atoms with Crippen molar-refractivity contribution >= 4 is 5.91 Å². The number of hydrogen-bond acceptors (Lipinski definition) is 2. The second kappa shape index (κ2) is 6.66. The lowest BCUT2D eigenvalue weighted by Gasteiger charge is -2.29. The fraction of sp³-hybridized carbons (Fsp3) is 0.533. The van der Waals surface area contributed by atoms with Crippen LogP contribution in [0.5, 0.6) is 0 Å². The van der Waals surface area contributed by atoms with Crippen LogP contribution in [-0.2, 0) is 11.2 Å². The Labute approximate surface area is 113 Å². The third kappa shape index (κ3) is 4.31. The van der Waals surface area contributed by atoms with Crippen molar-refractivity contribution in [1.29, 1.82) is 0 Å². The summed E-state index contributed by atoms with van der Waals surface area (Å²) in [4.78, 5) is 11.9. The summed E-state index contributed by atoms with van der Waals surface area (Å²) in [6, 6.07) is 6.65. The highest BCUT2D eigenvalue weighted by molar-refractivity contribution is 5.78. The summed E-state index contributed by atoms with van der Waals surface area (Å²) in [6.45, 7) is 3.04. The number of carbonyl (C=O) groups excluding carboxylic acids is 1. The van der Waals surface area contributed by atoms with E-state index in [4.69, 9.17) is 0 Å². The Kier molecular flexibility index (Phi) is 4.91. The number of nitrogens with one attached hydrogen (secondary N) is 2. The Bertz CT molecular complexity index is 430. The Morgan fingerprint density at radius 2 is 2.37 bits per heavy atom. The zero-order chi connectivity index (χ0) is 13.7. The van der Waals surface area contributed by atoms with E-state index in [2.05, 4.69) is 10.6 Å². The summed E-state index contributed by atoms with van der Waals surface area (Å²) in [5.74, 6) is -0.349. The van der Waals surface area contributed by atoms with Crippen molar-refractivity contribution in [2.75, 3.05) is 6.54 Å². The number of halogens is 1. The molecule has 0 bridgehead atoms. The van der Waals surface area contributed by atoms with E-state index >= 15 is 0 Å². The van der Waals surface area contributed by atoms with Crippen molar-refractivity contribution in [1.82, 2.24) is 10.6 Å². The van der Waals surface area contributed by atoms with Crippen molar-refractivity contribution < 1.29 is 9.18 Å². The smallest absolute Gasteiger partial charge is 0.224 e. The van der Waals surface area contributed by atoms with Gasteiger partial charge in [0.05, 0.1) is 6.42 Å². The second-order valence-corrected chi connectivity index (χ2v) is 5.22. The average Bonchev–Trinajstić information content (AvgIpc) is 2.39. The molecule has 0 aromatic heterocycles. The van der Waals surface area contributed by atoms with Gasteiger partial charge >= 0.3 is 0 Å². The van der Waals surface area contributed by atoms with Gasteiger partial charge in [0, 0.05) is 12.1 Å². The highest BCUT2D eigenvalue weighted by Gasteiger charge is 2.20. The van der Waals surface area contributed by atoms with Crippen LogP contribution in [0.4, 0.5) is 4.39 Å². The lowest BCUT2D eigenvalue weighted by atomic mass is 9.99. The van der Waals surface area contributed by atoms with Crippen LogP contribution in [0.2, 0.25) is 0 Å². The van der Waals surface area contributed by atoms with Crippen molar-refractivity contribution in [2.24, 2.45) is 0 Å². The number of carbonyl (C=O) groups is 1. The third-order valence-electron chi connectivity index (χ3n) is 3.59. The standard InChI is InChI=1S/C15H21FN2O/c1-11(14-7-2-3-8-17-14)18-15(19)10-12-5-4-6-13(16)9-12/h4-6,9,11,14,17H,2-3,7-8,10H2,1H3,(H,18,19). The first kappa shape index (κ1) is 14.0. The van der Waals surface area contributed by atoms with Crippen LogP contribution in [-0.4, -0.2) is 24.5 Å². The minimum atomic E-state index is -0.299. The fourth-order valence-electron chi connectivity index (χ4n) is 2.54. The minimum Gasteiger partial charge on any atom is -0.352 e. The van der Waals surface area contributed by atoms with Gasteiger partial charge in [-0.1, -0.05) is 18.6 Å². The molecule has 1 aliphatic heterocycles. The van der Waals surface area contributed by atoms with E-state index in [1.54, 1.807) is 12.1 Å². The molecule has 0 spiro atoms. The molecule has 4 heteroatoms. The summed E-state index contributed by atoms with van der Waals surface area (Å²) >= 11 is 0. The van der Waals surface area contributed by atoms with Gasteiger partial charge in [-0.15, -0.1) is 0 Å². The van der Waals surface area contributed by atoms with Gasteiger partial charge in [0.1, 0.15) is 5.82 Å². The van der Waals surface area contributed by atoms with Gasteiger partial charge < -0.3 is 10.6 Å². The predicted molar refractivity (Wildman–Crippen MR) is 73.4 cm³/mol. The predicted octanol–water partition coefficient (Wildman–Crippen LogP) is 2.01. The molecular formula is C15H21FN2O. The first-order valence-corrected chi connectivity index (χ1v) is 6.92. The molecule has 1 aromatic carbocycles. The van der Waals surface area contributed by atoms with Crippen molar-refractivity contribution in [2.45, 2.75) is 44.7 Å². The molecule has 2 rings (SSSR count). The Morgan fingerprint density at radius 3 is 3.05 bits per heavy atom. The molecule has 1 saturated heterocycles. The van der Waals surface area contributed by atoms with Gasteiger partial charge in [-0.3, -0.25) is 4.79 Å². The van der Waals surface area contributed by atoms with Crippen LogP contribution in [0, 0.1) is 5.82 Å². The van der Waals surface area contributed by atoms with Crippen molar-refractivity contribution in [3.8, 4) is 0 Å². The lowest BCUT2D eigenvalue weighted by molar-refractivity contribution is -0.121. The molecule has 104 valence electrons. The van der Waals surface area contributed by atoms with Gasteiger partial charge in [0.2, 0.25) is 5.91 Å². The highest BCUT2D eigenvalue weighted by atomic mass is 19.1. The summed E-state index contributed by atoms with van der Waals surface area (Å²) in [7, 11) is 0. The van der Waals surface area contributed by atoms with Crippen LogP contribution < -0.4 is 10.6 Å². The van der Waals surface area contributed by atoms with E-state index < -0.39 is 0 Å². The number of rotatable bonds is 4. The molecule has 2 N–H and O–H groups in total. The van der Waals surface area contributed by atoms with Crippen LogP contribution in [0.3, 0.4) is 0 Å². The van der Waals surface area contributed by atoms with Crippen LogP contribution in [0.15, 0.2) is 24.3 Å². The fourth-order valence-corrected chi connectivity index (χ4v) is 2.54. The number of amides is 1. The van der Waals surface area contributed by atoms with E-state index in [0.29, 0.717) is 11.6 Å². The topological polar surface area (TPSA) is 41.1 Å². The summed E-state index contributed by atoms with van der Waals surface area (Å²) < 4.78 is 13.0. The molecule has 2 unspecified atom stereocenters. The minimum absolute atomic E-state index is 0.0505. The molecule has 2 atom stereocenters. The first-order chi connectivity index (χ1) is 9.15. The summed E-state index contributed by atoms with van der Waals surface area (Å²) in [5.41, 5.74) is 0.710. The SMILES string of the molecule is CC(NC(=O)Cc1cccc(F)c1)C1CCCCN1. The Morgan fingerprint density at radius 1 is 1.53 bits per heavy atom. The molecular weight excluding hydrogens is 243 g/mol. The molecule has 1 heterocycles. The van der Waals surface area contributed by atoms with Crippen LogP contribution in [0.25, 0.3) is 0 Å². The molecule has 0 aliphatic carbocycles. The van der Waals surface area contributed by atoms with Crippen LogP contribution in [0.1, 0.15) is 31.7 Å². The molecule has 1 aliphatic rings. The van der Waals surface area contributed by atoms with Crippen molar-refractivity contribution in [3.05, 3.63) is 35.6 Å². The maximum atomic E-state index is 13.0. The van der Waals surface area contributed by atoms with Gasteiger partial charge in [-0.2, -0.15) is 0 Å². The van der Waals surface area contributed by atoms with Crippen LogP contribution >= 0.6 is 0 Å². The zero-order valence-corrected chi connectivity index (χ0v) is 11.3. The molecule has 1 aromatic rings. The van der Waals surface area contributed by atoms with E-state index in [9.17, 15) is 9.18 Å². The first-order valence-electron chi connectivity index (χ1n) is 6.92. The number of piperidine rings is 1. The summed E-state index contributed by atoms with van der Waals surface area (Å²) in [5, 5.41) is 6.42. The van der Waals surface area contributed by atoms with Gasteiger partial charge in [0.15, 0.2) is 0 Å². The van der Waals surface area contributed by atoms with E-state index in [0.717, 1.165) is 13.0 Å². The van der Waals surface area contributed by atoms with E-state index in [1.165, 1.54) is 25.0 Å². The molecule has 1 fully saturated rings. The average molecular weight is 264 g/mol. The lowest BCUT2D eigenvalue weighted by Crippen LogP contribution is -2.50. The molecule has 19 heavy (non-hydrogen) atoms. The summed E-state index contributed by atoms with van der Waals surface area (Å²) in [6.07, 6.45) is 3.75. The highest BCUT2D eigenvalue weighted by Crippen LogP contribution is 2.10. The number of benzene rings is 1.